The van der Waals surface area contributed by atoms with Gasteiger partial charge in [0.05, 0.1) is 14.2 Å². The lowest BCUT2D eigenvalue weighted by molar-refractivity contribution is -0.137. The zero-order valence-corrected chi connectivity index (χ0v) is 11.0. The molecule has 0 aliphatic rings. The Hall–Kier alpha value is -1.91. The zero-order chi connectivity index (χ0) is 13.5. The third kappa shape index (κ3) is 3.84. The van der Waals surface area contributed by atoms with Gasteiger partial charge >= 0.3 is 5.97 Å². The highest BCUT2D eigenvalue weighted by molar-refractivity contribution is 5.66. The highest BCUT2D eigenvalue weighted by atomic mass is 16.5. The normalized spacial score (nSPS) is 9.94. The van der Waals surface area contributed by atoms with Gasteiger partial charge in [-0.15, -0.1) is 0 Å². The topological polar surface area (TPSA) is 59.0 Å². The van der Waals surface area contributed by atoms with Crippen LogP contribution in [0.15, 0.2) is 18.2 Å². The van der Waals surface area contributed by atoms with Gasteiger partial charge in [0, 0.05) is 31.8 Å². The molecule has 1 aromatic rings. The Bertz CT molecular complexity index is 406. The first-order valence-electron chi connectivity index (χ1n) is 5.73. The van der Waals surface area contributed by atoms with E-state index in [0.717, 1.165) is 5.69 Å². The first-order chi connectivity index (χ1) is 8.58. The fourth-order valence-corrected chi connectivity index (χ4v) is 1.66. The maximum Gasteiger partial charge on any atom is 0.303 e. The van der Waals surface area contributed by atoms with Gasteiger partial charge in [-0.1, -0.05) is 0 Å². The maximum atomic E-state index is 10.4. The lowest BCUT2D eigenvalue weighted by atomic mass is 10.2. The first-order valence-corrected chi connectivity index (χ1v) is 5.73. The monoisotopic (exact) mass is 253 g/mol. The second-order valence-corrected chi connectivity index (χ2v) is 3.96. The van der Waals surface area contributed by atoms with Crippen LogP contribution in [0.5, 0.6) is 11.5 Å². The number of hydrogen-bond donors (Lipinski definition) is 1. The molecule has 0 heterocycles. The summed E-state index contributed by atoms with van der Waals surface area (Å²) in [6.45, 7) is 0.682. The smallest absolute Gasteiger partial charge is 0.303 e. The molecule has 0 radical (unpaired) electrons. The van der Waals surface area contributed by atoms with Gasteiger partial charge in [0.1, 0.15) is 0 Å². The van der Waals surface area contributed by atoms with Crippen molar-refractivity contribution in [2.24, 2.45) is 0 Å². The number of carboxylic acids is 1. The van der Waals surface area contributed by atoms with Crippen molar-refractivity contribution in [2.75, 3.05) is 32.7 Å². The molecule has 0 unspecified atom stereocenters. The lowest BCUT2D eigenvalue weighted by Gasteiger charge is -2.20. The Balaban J connectivity index is 2.67. The third-order valence-corrected chi connectivity index (χ3v) is 2.69. The number of aliphatic carboxylic acids is 1. The molecule has 0 saturated carbocycles. The fraction of sp³-hybridized carbons (Fsp3) is 0.462. The standard InChI is InChI=1S/C13H19NO4/c1-14(8-4-5-13(15)16)10-6-7-11(17-2)12(9-10)18-3/h6-7,9H,4-5,8H2,1-3H3,(H,15,16). The maximum absolute atomic E-state index is 10.4. The van der Waals surface area contributed by atoms with E-state index in [9.17, 15) is 4.79 Å². The molecule has 1 aromatic carbocycles. The summed E-state index contributed by atoms with van der Waals surface area (Å²) in [5, 5.41) is 8.59. The van der Waals surface area contributed by atoms with E-state index in [1.54, 1.807) is 14.2 Å². The summed E-state index contributed by atoms with van der Waals surface area (Å²) in [7, 11) is 5.10. The van der Waals surface area contributed by atoms with Crippen LogP contribution in [0, 0.1) is 0 Å². The summed E-state index contributed by atoms with van der Waals surface area (Å²) in [5.74, 6) is 0.580. The Morgan fingerprint density at radius 3 is 2.50 bits per heavy atom. The van der Waals surface area contributed by atoms with E-state index in [1.807, 2.05) is 30.1 Å². The molecule has 0 atom stereocenters. The molecule has 1 rings (SSSR count). The highest BCUT2D eigenvalue weighted by Gasteiger charge is 2.08. The minimum Gasteiger partial charge on any atom is -0.493 e. The molecule has 0 aromatic heterocycles. The van der Waals surface area contributed by atoms with Crippen molar-refractivity contribution in [3.8, 4) is 11.5 Å². The summed E-state index contributed by atoms with van der Waals surface area (Å²) in [4.78, 5) is 12.4. The number of carbonyl (C=O) groups is 1. The van der Waals surface area contributed by atoms with Crippen molar-refractivity contribution in [3.05, 3.63) is 18.2 Å². The van der Waals surface area contributed by atoms with Crippen LogP contribution in [-0.4, -0.2) is 38.9 Å². The Labute approximate surface area is 107 Å². The van der Waals surface area contributed by atoms with Crippen LogP contribution in [0.3, 0.4) is 0 Å². The zero-order valence-electron chi connectivity index (χ0n) is 11.0. The van der Waals surface area contributed by atoms with Crippen LogP contribution in [0.1, 0.15) is 12.8 Å². The van der Waals surface area contributed by atoms with Crippen molar-refractivity contribution in [2.45, 2.75) is 12.8 Å². The van der Waals surface area contributed by atoms with Gasteiger partial charge in [0.15, 0.2) is 11.5 Å². The first kappa shape index (κ1) is 14.2. The molecule has 0 aliphatic carbocycles. The highest BCUT2D eigenvalue weighted by Crippen LogP contribution is 2.31. The number of methoxy groups -OCH3 is 2. The van der Waals surface area contributed by atoms with Crippen LogP contribution >= 0.6 is 0 Å². The van der Waals surface area contributed by atoms with Crippen LogP contribution in [-0.2, 0) is 4.79 Å². The SMILES string of the molecule is COc1ccc(N(C)CCCC(=O)O)cc1OC. The summed E-state index contributed by atoms with van der Waals surface area (Å²) >= 11 is 0. The quantitative estimate of drug-likeness (QED) is 0.805. The number of carboxylic acid groups (broad SMARTS) is 1. The third-order valence-electron chi connectivity index (χ3n) is 2.69. The lowest BCUT2D eigenvalue weighted by Crippen LogP contribution is -2.19. The molecule has 0 bridgehead atoms. The Kier molecular flexibility index (Phi) is 5.30. The van der Waals surface area contributed by atoms with Gasteiger partial charge in [0.2, 0.25) is 0 Å². The number of anilines is 1. The van der Waals surface area contributed by atoms with Crippen LogP contribution in [0.4, 0.5) is 5.69 Å². The molecule has 0 fully saturated rings. The molecule has 0 saturated heterocycles. The second kappa shape index (κ2) is 6.74. The Morgan fingerprint density at radius 1 is 1.28 bits per heavy atom. The van der Waals surface area contributed by atoms with Crippen molar-refractivity contribution >= 4 is 11.7 Å². The molecule has 0 amide bonds. The van der Waals surface area contributed by atoms with Crippen molar-refractivity contribution in [1.82, 2.24) is 0 Å². The van der Waals surface area contributed by atoms with Crippen molar-refractivity contribution < 1.29 is 19.4 Å². The van der Waals surface area contributed by atoms with Gasteiger partial charge in [-0.25, -0.2) is 0 Å². The van der Waals surface area contributed by atoms with E-state index in [2.05, 4.69) is 0 Å². The molecule has 1 N–H and O–H groups in total. The number of nitrogens with zero attached hydrogens (tertiary/aromatic N) is 1. The summed E-state index contributed by atoms with van der Waals surface area (Å²) in [6, 6.07) is 5.63. The van der Waals surface area contributed by atoms with E-state index in [0.29, 0.717) is 24.5 Å². The predicted molar refractivity (Wildman–Crippen MR) is 69.7 cm³/mol. The van der Waals surface area contributed by atoms with Gasteiger partial charge in [-0.2, -0.15) is 0 Å². The molecule has 18 heavy (non-hydrogen) atoms. The summed E-state index contributed by atoms with van der Waals surface area (Å²) < 4.78 is 10.4. The molecule has 0 aliphatic heterocycles. The van der Waals surface area contributed by atoms with E-state index < -0.39 is 5.97 Å². The molecule has 100 valence electrons. The molecule has 0 spiro atoms. The number of hydrogen-bond acceptors (Lipinski definition) is 4. The molecule has 5 nitrogen and oxygen atoms in total. The second-order valence-electron chi connectivity index (χ2n) is 3.96. The van der Waals surface area contributed by atoms with Gasteiger partial charge < -0.3 is 19.5 Å². The van der Waals surface area contributed by atoms with E-state index >= 15 is 0 Å². The molecular weight excluding hydrogens is 234 g/mol. The van der Waals surface area contributed by atoms with Gasteiger partial charge in [-0.3, -0.25) is 4.79 Å². The number of benzene rings is 1. The fourth-order valence-electron chi connectivity index (χ4n) is 1.66. The van der Waals surface area contributed by atoms with Crippen LogP contribution in [0.2, 0.25) is 0 Å². The van der Waals surface area contributed by atoms with E-state index in [1.165, 1.54) is 0 Å². The average molecular weight is 253 g/mol. The van der Waals surface area contributed by atoms with Crippen LogP contribution < -0.4 is 14.4 Å². The van der Waals surface area contributed by atoms with Crippen LogP contribution in [0.25, 0.3) is 0 Å². The van der Waals surface area contributed by atoms with Gasteiger partial charge in [0.25, 0.3) is 0 Å². The minimum atomic E-state index is -0.768. The summed E-state index contributed by atoms with van der Waals surface area (Å²) in [5.41, 5.74) is 0.970. The number of rotatable bonds is 7. The molecule has 5 heteroatoms. The van der Waals surface area contributed by atoms with Crippen molar-refractivity contribution in [3.63, 3.8) is 0 Å². The van der Waals surface area contributed by atoms with E-state index in [4.69, 9.17) is 14.6 Å². The Morgan fingerprint density at radius 2 is 1.94 bits per heavy atom. The van der Waals surface area contributed by atoms with Crippen molar-refractivity contribution in [1.29, 1.82) is 0 Å². The largest absolute Gasteiger partial charge is 0.493 e. The van der Waals surface area contributed by atoms with Gasteiger partial charge in [-0.05, 0) is 18.6 Å². The minimum absolute atomic E-state index is 0.178. The average Bonchev–Trinajstić information content (AvgIpc) is 2.37. The summed E-state index contributed by atoms with van der Waals surface area (Å²) in [6.07, 6.45) is 0.789. The van der Waals surface area contributed by atoms with E-state index in [-0.39, 0.29) is 6.42 Å². The predicted octanol–water partition coefficient (Wildman–Crippen LogP) is 2.00. The molecular formula is C13H19NO4. The number of ether oxygens (including phenoxy) is 2.